The Morgan fingerprint density at radius 2 is 2.00 bits per heavy atom. The number of benzene rings is 1. The van der Waals surface area contributed by atoms with Crippen molar-refractivity contribution in [3.05, 3.63) is 29.3 Å². The van der Waals surface area contributed by atoms with Crippen LogP contribution in [0, 0.1) is 0 Å². The van der Waals surface area contributed by atoms with Gasteiger partial charge in [-0.25, -0.2) is 4.79 Å². The van der Waals surface area contributed by atoms with Gasteiger partial charge in [0.05, 0.1) is 14.2 Å². The number of carbonyl (C=O) groups excluding carboxylic acids is 2. The predicted molar refractivity (Wildman–Crippen MR) is 68.7 cm³/mol. The second-order valence-corrected chi connectivity index (χ2v) is 4.46. The molecule has 19 heavy (non-hydrogen) atoms. The second-order valence-electron chi connectivity index (χ2n) is 4.46. The normalized spacial score (nSPS) is 14.3. The first-order valence-corrected chi connectivity index (χ1v) is 6.18. The van der Waals surface area contributed by atoms with E-state index in [0.29, 0.717) is 13.1 Å². The number of rotatable bonds is 1. The first-order valence-electron chi connectivity index (χ1n) is 6.18. The minimum absolute atomic E-state index is 0.417. The molecule has 0 aromatic heterocycles. The van der Waals surface area contributed by atoms with Crippen LogP contribution in [0.1, 0.15) is 17.5 Å². The Morgan fingerprint density at radius 3 is 2.68 bits per heavy atom. The quantitative estimate of drug-likeness (QED) is 0.563. The monoisotopic (exact) mass is 263 g/mol. The highest BCUT2D eigenvalue weighted by molar-refractivity contribution is 6.32. The molecule has 0 aliphatic carbocycles. The molecular formula is C14H17NO4. The fraction of sp³-hybridized carbons (Fsp3) is 0.429. The number of amides is 1. The number of nitrogens with zero attached hydrogens (tertiary/aromatic N) is 1. The van der Waals surface area contributed by atoms with Crippen molar-refractivity contribution in [2.45, 2.75) is 19.4 Å². The zero-order valence-electron chi connectivity index (χ0n) is 11.1. The molecule has 0 N–H and O–H groups in total. The van der Waals surface area contributed by atoms with Crippen LogP contribution >= 0.6 is 0 Å². The molecule has 0 saturated heterocycles. The fourth-order valence-corrected chi connectivity index (χ4v) is 2.26. The standard InChI is InChI=1S/C14H17NO4/c1-18-12-6-5-10-4-3-7-15(9-11(10)8-12)13(16)14(17)19-2/h5-6,8H,3-4,7,9H2,1-2H3. The summed E-state index contributed by atoms with van der Waals surface area (Å²) >= 11 is 0. The van der Waals surface area contributed by atoms with Gasteiger partial charge in [0.1, 0.15) is 5.75 Å². The van der Waals surface area contributed by atoms with E-state index in [2.05, 4.69) is 4.74 Å². The molecule has 1 heterocycles. The minimum Gasteiger partial charge on any atom is -0.497 e. The molecule has 0 spiro atoms. The number of hydrogen-bond acceptors (Lipinski definition) is 4. The topological polar surface area (TPSA) is 55.8 Å². The number of ether oxygens (including phenoxy) is 2. The van der Waals surface area contributed by atoms with Gasteiger partial charge in [-0.15, -0.1) is 0 Å². The van der Waals surface area contributed by atoms with Crippen molar-refractivity contribution in [1.29, 1.82) is 0 Å². The number of aryl methyl sites for hydroxylation is 1. The summed E-state index contributed by atoms with van der Waals surface area (Å²) in [4.78, 5) is 24.7. The summed E-state index contributed by atoms with van der Waals surface area (Å²) in [5.74, 6) is -0.643. The van der Waals surface area contributed by atoms with Gasteiger partial charge in [-0.3, -0.25) is 4.79 Å². The Balaban J connectivity index is 2.23. The van der Waals surface area contributed by atoms with E-state index >= 15 is 0 Å². The van der Waals surface area contributed by atoms with Gasteiger partial charge in [0.2, 0.25) is 0 Å². The lowest BCUT2D eigenvalue weighted by Gasteiger charge is -2.19. The third-order valence-corrected chi connectivity index (χ3v) is 3.30. The van der Waals surface area contributed by atoms with Gasteiger partial charge in [0, 0.05) is 13.1 Å². The van der Waals surface area contributed by atoms with Gasteiger partial charge in [-0.1, -0.05) is 6.07 Å². The van der Waals surface area contributed by atoms with Crippen molar-refractivity contribution < 1.29 is 19.1 Å². The molecule has 5 nitrogen and oxygen atoms in total. The Bertz CT molecular complexity index is 498. The average molecular weight is 263 g/mol. The van der Waals surface area contributed by atoms with Crippen molar-refractivity contribution in [2.75, 3.05) is 20.8 Å². The van der Waals surface area contributed by atoms with Crippen LogP contribution in [0.4, 0.5) is 0 Å². The van der Waals surface area contributed by atoms with E-state index in [1.807, 2.05) is 18.2 Å². The summed E-state index contributed by atoms with van der Waals surface area (Å²) in [7, 11) is 2.82. The van der Waals surface area contributed by atoms with Crippen molar-refractivity contribution in [3.8, 4) is 5.75 Å². The molecule has 1 aliphatic heterocycles. The van der Waals surface area contributed by atoms with Crippen LogP contribution in [0.2, 0.25) is 0 Å². The predicted octanol–water partition coefficient (Wildman–Crippen LogP) is 1.14. The van der Waals surface area contributed by atoms with E-state index in [0.717, 1.165) is 24.2 Å². The molecule has 1 aromatic carbocycles. The van der Waals surface area contributed by atoms with Crippen LogP contribution < -0.4 is 4.74 Å². The Labute approximate surface area is 112 Å². The molecule has 0 saturated carbocycles. The molecule has 1 amide bonds. The van der Waals surface area contributed by atoms with E-state index in [1.54, 1.807) is 7.11 Å². The Kier molecular flexibility index (Phi) is 4.04. The molecule has 0 unspecified atom stereocenters. The maximum Gasteiger partial charge on any atom is 0.396 e. The van der Waals surface area contributed by atoms with Gasteiger partial charge in [-0.05, 0) is 36.1 Å². The van der Waals surface area contributed by atoms with Crippen LogP contribution in [-0.4, -0.2) is 37.5 Å². The van der Waals surface area contributed by atoms with Gasteiger partial charge in [0.15, 0.2) is 0 Å². The molecule has 0 atom stereocenters. The van der Waals surface area contributed by atoms with Crippen molar-refractivity contribution in [3.63, 3.8) is 0 Å². The highest BCUT2D eigenvalue weighted by Gasteiger charge is 2.25. The van der Waals surface area contributed by atoms with E-state index < -0.39 is 11.9 Å². The van der Waals surface area contributed by atoms with Crippen LogP contribution in [-0.2, 0) is 27.3 Å². The third-order valence-electron chi connectivity index (χ3n) is 3.30. The minimum atomic E-state index is -0.814. The van der Waals surface area contributed by atoms with E-state index in [4.69, 9.17) is 4.74 Å². The summed E-state index contributed by atoms with van der Waals surface area (Å²) in [5.41, 5.74) is 2.22. The Hall–Kier alpha value is -2.04. The lowest BCUT2D eigenvalue weighted by molar-refractivity contribution is -0.158. The lowest BCUT2D eigenvalue weighted by Crippen LogP contribution is -2.36. The van der Waals surface area contributed by atoms with E-state index in [9.17, 15) is 9.59 Å². The maximum atomic E-state index is 11.9. The average Bonchev–Trinajstić information content (AvgIpc) is 2.66. The molecule has 102 valence electrons. The van der Waals surface area contributed by atoms with Gasteiger partial charge in [0.25, 0.3) is 0 Å². The zero-order chi connectivity index (χ0) is 13.8. The number of fused-ring (bicyclic) bond motifs is 1. The molecule has 0 bridgehead atoms. The smallest absolute Gasteiger partial charge is 0.396 e. The van der Waals surface area contributed by atoms with Crippen LogP contribution in [0.25, 0.3) is 0 Å². The van der Waals surface area contributed by atoms with Gasteiger partial charge in [-0.2, -0.15) is 0 Å². The highest BCUT2D eigenvalue weighted by Crippen LogP contribution is 2.23. The maximum absolute atomic E-state index is 11.9. The van der Waals surface area contributed by atoms with Gasteiger partial charge < -0.3 is 14.4 Å². The first kappa shape index (κ1) is 13.4. The SMILES string of the molecule is COC(=O)C(=O)N1CCCc2ccc(OC)cc2C1. The summed E-state index contributed by atoms with van der Waals surface area (Å²) in [6, 6.07) is 5.84. The first-order chi connectivity index (χ1) is 9.15. The number of hydrogen-bond donors (Lipinski definition) is 0. The Morgan fingerprint density at radius 1 is 1.21 bits per heavy atom. The van der Waals surface area contributed by atoms with E-state index in [-0.39, 0.29) is 0 Å². The van der Waals surface area contributed by atoms with Crippen molar-refractivity contribution >= 4 is 11.9 Å². The molecule has 2 rings (SSSR count). The van der Waals surface area contributed by atoms with Crippen LogP contribution in [0.3, 0.4) is 0 Å². The van der Waals surface area contributed by atoms with E-state index in [1.165, 1.54) is 17.6 Å². The summed E-state index contributed by atoms with van der Waals surface area (Å²) in [5, 5.41) is 0. The molecule has 5 heteroatoms. The zero-order valence-corrected chi connectivity index (χ0v) is 11.1. The molecular weight excluding hydrogens is 246 g/mol. The number of esters is 1. The summed E-state index contributed by atoms with van der Waals surface area (Å²) in [6.45, 7) is 0.978. The summed E-state index contributed by atoms with van der Waals surface area (Å²) in [6.07, 6.45) is 1.73. The molecule has 1 aromatic rings. The summed E-state index contributed by atoms with van der Waals surface area (Å²) < 4.78 is 9.67. The van der Waals surface area contributed by atoms with Crippen LogP contribution in [0.15, 0.2) is 18.2 Å². The third kappa shape index (κ3) is 2.86. The molecule has 0 fully saturated rings. The largest absolute Gasteiger partial charge is 0.497 e. The fourth-order valence-electron chi connectivity index (χ4n) is 2.26. The van der Waals surface area contributed by atoms with Crippen molar-refractivity contribution in [1.82, 2.24) is 4.90 Å². The van der Waals surface area contributed by atoms with Crippen LogP contribution in [0.5, 0.6) is 5.75 Å². The number of carbonyl (C=O) groups is 2. The second kappa shape index (κ2) is 5.73. The van der Waals surface area contributed by atoms with Crippen molar-refractivity contribution in [2.24, 2.45) is 0 Å². The number of methoxy groups -OCH3 is 2. The molecule has 0 radical (unpaired) electrons. The molecule has 1 aliphatic rings. The lowest BCUT2D eigenvalue weighted by atomic mass is 10.0. The van der Waals surface area contributed by atoms with Gasteiger partial charge >= 0.3 is 11.9 Å². The highest BCUT2D eigenvalue weighted by atomic mass is 16.5.